The molecule has 31 heavy (non-hydrogen) atoms. The minimum absolute atomic E-state index is 0.572. The van der Waals surface area contributed by atoms with Gasteiger partial charge < -0.3 is 15.2 Å². The Bertz CT molecular complexity index is 957. The number of nitrogens with zero attached hydrogens (tertiary/aromatic N) is 4. The highest BCUT2D eigenvalue weighted by molar-refractivity contribution is 5.79. The molecule has 2 aromatic carbocycles. The molecule has 0 radical (unpaired) electrons. The third-order valence-electron chi connectivity index (χ3n) is 5.44. The maximum Gasteiger partial charge on any atom is 0.191 e. The van der Waals surface area contributed by atoms with Crippen molar-refractivity contribution in [3.05, 3.63) is 82.9 Å². The molecule has 0 spiro atoms. The van der Waals surface area contributed by atoms with E-state index in [0.29, 0.717) is 19.0 Å². The predicted octanol–water partition coefficient (Wildman–Crippen LogP) is 4.12. The molecule has 3 rings (SSSR count). The maximum absolute atomic E-state index is 4.76. The van der Waals surface area contributed by atoms with Crippen LogP contribution in [0.5, 0.6) is 0 Å². The molecular formula is C25H34N6. The number of hydrogen-bond donors (Lipinski definition) is 2. The minimum atomic E-state index is 0.572. The minimum Gasteiger partial charge on any atom is -0.356 e. The van der Waals surface area contributed by atoms with Gasteiger partial charge in [-0.2, -0.15) is 0 Å². The zero-order valence-corrected chi connectivity index (χ0v) is 19.1. The third-order valence-corrected chi connectivity index (χ3v) is 5.44. The van der Waals surface area contributed by atoms with Gasteiger partial charge in [0.2, 0.25) is 0 Å². The van der Waals surface area contributed by atoms with Gasteiger partial charge in [0, 0.05) is 13.6 Å². The lowest BCUT2D eigenvalue weighted by atomic mass is 10.0. The van der Waals surface area contributed by atoms with Gasteiger partial charge in [0.15, 0.2) is 11.8 Å². The van der Waals surface area contributed by atoms with Crippen LogP contribution in [0.3, 0.4) is 0 Å². The summed E-state index contributed by atoms with van der Waals surface area (Å²) in [6.07, 6.45) is 2.08. The topological polar surface area (TPSA) is 67.1 Å². The van der Waals surface area contributed by atoms with Crippen molar-refractivity contribution in [1.29, 1.82) is 0 Å². The first-order valence-corrected chi connectivity index (χ1v) is 11.0. The lowest BCUT2D eigenvalue weighted by Crippen LogP contribution is -2.38. The molecule has 0 fully saturated rings. The van der Waals surface area contributed by atoms with Gasteiger partial charge in [0.1, 0.15) is 5.82 Å². The number of benzene rings is 2. The molecule has 1 aromatic heterocycles. The predicted molar refractivity (Wildman–Crippen MR) is 127 cm³/mol. The molecule has 1 heterocycles. The van der Waals surface area contributed by atoms with Crippen LogP contribution in [0, 0.1) is 6.92 Å². The Morgan fingerprint density at radius 2 is 1.71 bits per heavy atom. The Morgan fingerprint density at radius 1 is 0.968 bits per heavy atom. The summed E-state index contributed by atoms with van der Waals surface area (Å²) in [5.74, 6) is 3.15. The average Bonchev–Trinajstić information content (AvgIpc) is 3.11. The van der Waals surface area contributed by atoms with Crippen molar-refractivity contribution < 1.29 is 0 Å². The highest BCUT2D eigenvalue weighted by Crippen LogP contribution is 2.15. The van der Waals surface area contributed by atoms with Crippen LogP contribution in [0.2, 0.25) is 0 Å². The van der Waals surface area contributed by atoms with Crippen molar-refractivity contribution in [3.63, 3.8) is 0 Å². The number of aromatic nitrogens is 3. The van der Waals surface area contributed by atoms with E-state index in [9.17, 15) is 0 Å². The molecule has 0 atom stereocenters. The van der Waals surface area contributed by atoms with Crippen LogP contribution in [-0.2, 0) is 26.6 Å². The van der Waals surface area contributed by atoms with Crippen molar-refractivity contribution in [2.24, 2.45) is 12.0 Å². The molecule has 0 aliphatic carbocycles. The van der Waals surface area contributed by atoms with Crippen LogP contribution in [0.4, 0.5) is 0 Å². The van der Waals surface area contributed by atoms with Gasteiger partial charge in [-0.3, -0.25) is 0 Å². The van der Waals surface area contributed by atoms with Crippen LogP contribution in [0.1, 0.15) is 54.5 Å². The number of aryl methyl sites for hydroxylation is 2. The Hall–Kier alpha value is -3.15. The van der Waals surface area contributed by atoms with E-state index in [-0.39, 0.29) is 0 Å². The van der Waals surface area contributed by atoms with Gasteiger partial charge in [-0.1, -0.05) is 68.4 Å². The van der Waals surface area contributed by atoms with Gasteiger partial charge in [0.25, 0.3) is 0 Å². The summed E-state index contributed by atoms with van der Waals surface area (Å²) in [7, 11) is 1.98. The Balaban J connectivity index is 1.54. The van der Waals surface area contributed by atoms with Gasteiger partial charge >= 0.3 is 0 Å². The second-order valence-electron chi connectivity index (χ2n) is 8.15. The number of rotatable bonds is 9. The molecule has 0 unspecified atom stereocenters. The van der Waals surface area contributed by atoms with E-state index < -0.39 is 0 Å². The standard InChI is InChI=1S/C25H34N6/c1-19(2)23-14-12-21(13-15-23)11-8-16-26-25(27-17-22-9-6-5-7-10-22)28-18-24-30-29-20(3)31(24)4/h5-7,9-10,12-15,19H,8,11,16-18H2,1-4H3,(H2,26,27,28). The van der Waals surface area contributed by atoms with Crippen molar-refractivity contribution in [3.8, 4) is 0 Å². The first kappa shape index (κ1) is 22.5. The van der Waals surface area contributed by atoms with Crippen molar-refractivity contribution in [1.82, 2.24) is 25.4 Å². The van der Waals surface area contributed by atoms with Crippen LogP contribution in [-0.4, -0.2) is 27.3 Å². The number of nitrogens with one attached hydrogen (secondary N) is 2. The normalized spacial score (nSPS) is 11.7. The summed E-state index contributed by atoms with van der Waals surface area (Å²) in [5, 5.41) is 15.2. The summed E-state index contributed by atoms with van der Waals surface area (Å²) < 4.78 is 1.99. The largest absolute Gasteiger partial charge is 0.356 e. The summed E-state index contributed by atoms with van der Waals surface area (Å²) in [6.45, 7) is 8.46. The first-order chi connectivity index (χ1) is 15.0. The second kappa shape index (κ2) is 11.3. The molecule has 0 saturated heterocycles. The lowest BCUT2D eigenvalue weighted by molar-refractivity contribution is 0.700. The number of guanidine groups is 1. The number of hydrogen-bond acceptors (Lipinski definition) is 3. The summed E-state index contributed by atoms with van der Waals surface area (Å²) >= 11 is 0. The van der Waals surface area contributed by atoms with E-state index in [2.05, 4.69) is 71.1 Å². The lowest BCUT2D eigenvalue weighted by Gasteiger charge is -2.13. The monoisotopic (exact) mass is 418 g/mol. The average molecular weight is 419 g/mol. The van der Waals surface area contributed by atoms with Gasteiger partial charge in [0.05, 0.1) is 13.1 Å². The SMILES string of the molecule is Cc1nnc(CNC(=NCc2ccccc2)NCCCc2ccc(C(C)C)cc2)n1C. The van der Waals surface area contributed by atoms with E-state index in [1.807, 2.05) is 36.7 Å². The molecule has 6 nitrogen and oxygen atoms in total. The molecule has 0 aliphatic heterocycles. The Kier molecular flexibility index (Phi) is 8.21. The fraction of sp³-hybridized carbons (Fsp3) is 0.400. The quantitative estimate of drug-likeness (QED) is 0.312. The second-order valence-corrected chi connectivity index (χ2v) is 8.15. The Labute approximate surface area is 185 Å². The molecule has 6 heteroatoms. The van der Waals surface area contributed by atoms with E-state index in [4.69, 9.17) is 4.99 Å². The highest BCUT2D eigenvalue weighted by Gasteiger charge is 2.06. The zero-order valence-electron chi connectivity index (χ0n) is 19.1. The van der Waals surface area contributed by atoms with Crippen LogP contribution < -0.4 is 10.6 Å². The van der Waals surface area contributed by atoms with E-state index in [1.165, 1.54) is 16.7 Å². The summed E-state index contributed by atoms with van der Waals surface area (Å²) in [6, 6.07) is 19.3. The maximum atomic E-state index is 4.76. The van der Waals surface area contributed by atoms with E-state index in [1.54, 1.807) is 0 Å². The summed E-state index contributed by atoms with van der Waals surface area (Å²) in [5.41, 5.74) is 3.94. The molecular weight excluding hydrogens is 384 g/mol. The third kappa shape index (κ3) is 6.95. The van der Waals surface area contributed by atoms with E-state index >= 15 is 0 Å². The fourth-order valence-electron chi connectivity index (χ4n) is 3.26. The fourth-order valence-corrected chi connectivity index (χ4v) is 3.26. The Morgan fingerprint density at radius 3 is 2.35 bits per heavy atom. The van der Waals surface area contributed by atoms with Crippen LogP contribution in [0.15, 0.2) is 59.6 Å². The first-order valence-electron chi connectivity index (χ1n) is 11.0. The van der Waals surface area contributed by atoms with E-state index in [0.717, 1.165) is 37.0 Å². The van der Waals surface area contributed by atoms with Crippen LogP contribution >= 0.6 is 0 Å². The molecule has 164 valence electrons. The van der Waals surface area contributed by atoms with Crippen molar-refractivity contribution >= 4 is 5.96 Å². The molecule has 0 bridgehead atoms. The van der Waals surface area contributed by atoms with Crippen molar-refractivity contribution in [2.75, 3.05) is 6.54 Å². The zero-order chi connectivity index (χ0) is 22.1. The molecule has 0 aliphatic rings. The van der Waals surface area contributed by atoms with Crippen LogP contribution in [0.25, 0.3) is 0 Å². The summed E-state index contributed by atoms with van der Waals surface area (Å²) in [4.78, 5) is 4.76. The molecule has 0 saturated carbocycles. The molecule has 2 N–H and O–H groups in total. The smallest absolute Gasteiger partial charge is 0.191 e. The highest BCUT2D eigenvalue weighted by atomic mass is 15.3. The molecule has 0 amide bonds. The van der Waals surface area contributed by atoms with Gasteiger partial charge in [-0.05, 0) is 42.4 Å². The van der Waals surface area contributed by atoms with Gasteiger partial charge in [-0.15, -0.1) is 10.2 Å². The number of aliphatic imine (C=N–C) groups is 1. The molecule has 3 aromatic rings. The van der Waals surface area contributed by atoms with Gasteiger partial charge in [-0.25, -0.2) is 4.99 Å². The van der Waals surface area contributed by atoms with Crippen molar-refractivity contribution in [2.45, 2.75) is 52.6 Å².